The van der Waals surface area contributed by atoms with Gasteiger partial charge < -0.3 is 35.0 Å². The number of amides is 5. The second-order valence-corrected chi connectivity index (χ2v) is 17.3. The van der Waals surface area contributed by atoms with Gasteiger partial charge >= 0.3 is 0 Å². The molecule has 15 nitrogen and oxygen atoms in total. The maximum Gasteiger partial charge on any atom is 0.251 e. The van der Waals surface area contributed by atoms with Gasteiger partial charge in [0.1, 0.15) is 11.6 Å². The number of aromatic nitrogens is 1. The Morgan fingerprint density at radius 2 is 1.67 bits per heavy atom. The molecule has 2 aromatic carbocycles. The number of anilines is 5. The van der Waals surface area contributed by atoms with Gasteiger partial charge in [0.25, 0.3) is 5.91 Å². The first-order chi connectivity index (χ1) is 28.9. The van der Waals surface area contributed by atoms with Crippen LogP contribution < -0.4 is 35.4 Å². The summed E-state index contributed by atoms with van der Waals surface area (Å²) in [4.78, 5) is 79.0. The Hall–Kier alpha value is -5.70. The van der Waals surface area contributed by atoms with Gasteiger partial charge in [0.15, 0.2) is 0 Å². The number of methoxy groups -OCH3 is 1. The molecule has 1 spiro atoms. The maximum absolute atomic E-state index is 13.4. The monoisotopic (exact) mass is 819 g/mol. The molecule has 5 heterocycles. The Labute approximate surface area is 351 Å². The van der Waals surface area contributed by atoms with Gasteiger partial charge in [-0.05, 0) is 81.8 Å². The number of carbonyl (C=O) groups is 5. The van der Waals surface area contributed by atoms with Crippen LogP contribution >= 0.6 is 0 Å². The van der Waals surface area contributed by atoms with Crippen molar-refractivity contribution in [2.24, 2.45) is 5.41 Å². The zero-order chi connectivity index (χ0) is 42.1. The van der Waals surface area contributed by atoms with E-state index >= 15 is 0 Å². The normalized spacial score (nSPS) is 20.8. The molecule has 15 heteroatoms. The molecule has 60 heavy (non-hydrogen) atoms. The molecular formula is C45H57N9O6. The van der Waals surface area contributed by atoms with Crippen molar-refractivity contribution in [1.82, 2.24) is 25.4 Å². The number of nitrogens with one attached hydrogen (secondary N) is 3. The van der Waals surface area contributed by atoms with E-state index in [1.54, 1.807) is 30.3 Å². The fraction of sp³-hybridized carbons (Fsp3) is 0.511. The zero-order valence-electron chi connectivity index (χ0n) is 35.2. The molecule has 318 valence electrons. The average Bonchev–Trinajstić information content (AvgIpc) is 4.06. The molecule has 5 aliphatic rings. The summed E-state index contributed by atoms with van der Waals surface area (Å²) < 4.78 is 5.72. The molecular weight excluding hydrogens is 763 g/mol. The first kappa shape index (κ1) is 41.1. The third-order valence-corrected chi connectivity index (χ3v) is 13.1. The van der Waals surface area contributed by atoms with E-state index in [2.05, 4.69) is 61.6 Å². The zero-order valence-corrected chi connectivity index (χ0v) is 35.2. The number of imide groups is 1. The molecule has 4 aliphatic heterocycles. The summed E-state index contributed by atoms with van der Waals surface area (Å²) in [5.74, 6) is 0.517. The van der Waals surface area contributed by atoms with Crippen molar-refractivity contribution >= 4 is 58.1 Å². The van der Waals surface area contributed by atoms with Crippen LogP contribution in [0, 0.1) is 5.41 Å². The van der Waals surface area contributed by atoms with Crippen LogP contribution in [0.1, 0.15) is 80.6 Å². The molecule has 8 rings (SSSR count). The lowest BCUT2D eigenvalue weighted by atomic mass is 9.90. The summed E-state index contributed by atoms with van der Waals surface area (Å²) in [6, 6.07) is 15.5. The molecule has 1 saturated carbocycles. The molecule has 3 saturated heterocycles. The van der Waals surface area contributed by atoms with E-state index in [0.717, 1.165) is 61.6 Å². The maximum atomic E-state index is 13.4. The summed E-state index contributed by atoms with van der Waals surface area (Å²) in [5.41, 5.74) is 4.61. The predicted molar refractivity (Wildman–Crippen MR) is 230 cm³/mol. The molecule has 3 aromatic rings. The highest BCUT2D eigenvalue weighted by molar-refractivity contribution is 6.04. The van der Waals surface area contributed by atoms with Gasteiger partial charge in [0.2, 0.25) is 23.6 Å². The Bertz CT molecular complexity index is 2120. The largest absolute Gasteiger partial charge is 0.495 e. The second kappa shape index (κ2) is 17.1. The number of carbonyl (C=O) groups excluding carboxylic acids is 5. The van der Waals surface area contributed by atoms with Crippen molar-refractivity contribution < 1.29 is 28.7 Å². The van der Waals surface area contributed by atoms with E-state index < -0.39 is 0 Å². The first-order valence-corrected chi connectivity index (χ1v) is 21.4. The summed E-state index contributed by atoms with van der Waals surface area (Å²) in [5, 5.41) is 8.98. The van der Waals surface area contributed by atoms with Gasteiger partial charge in [0.05, 0.1) is 41.7 Å². The lowest BCUT2D eigenvalue weighted by Gasteiger charge is -2.37. The number of nitrogens with zero attached hydrogens (tertiary/aromatic N) is 6. The Balaban J connectivity index is 0.782. The van der Waals surface area contributed by atoms with Gasteiger partial charge in [-0.25, -0.2) is 4.98 Å². The minimum absolute atomic E-state index is 0.0380. The molecule has 0 radical (unpaired) electrons. The number of fused-ring (bicyclic) bond motifs is 1. The topological polar surface area (TPSA) is 160 Å². The number of ether oxygens (including phenoxy) is 1. The molecule has 3 N–H and O–H groups in total. The van der Waals surface area contributed by atoms with E-state index in [1.807, 2.05) is 36.2 Å². The number of benzene rings is 2. The molecule has 1 unspecified atom stereocenters. The number of rotatable bonds is 11. The number of hydrogen-bond acceptors (Lipinski definition) is 11. The van der Waals surface area contributed by atoms with Crippen LogP contribution in [0.3, 0.4) is 0 Å². The fourth-order valence-electron chi connectivity index (χ4n) is 9.11. The highest BCUT2D eigenvalue weighted by atomic mass is 16.5. The lowest BCUT2D eigenvalue weighted by molar-refractivity contribution is -0.134. The number of hydrogen-bond donors (Lipinski definition) is 3. The van der Waals surface area contributed by atoms with Crippen LogP contribution in [-0.4, -0.2) is 123 Å². The fourth-order valence-corrected chi connectivity index (χ4v) is 9.11. The van der Waals surface area contributed by atoms with Crippen LogP contribution in [0.25, 0.3) is 0 Å². The predicted octanol–water partition coefficient (Wildman–Crippen LogP) is 4.26. The Morgan fingerprint density at radius 3 is 2.33 bits per heavy atom. The first-order valence-electron chi connectivity index (χ1n) is 21.4. The van der Waals surface area contributed by atoms with E-state index in [4.69, 9.17) is 4.74 Å². The lowest BCUT2D eigenvalue weighted by Crippen LogP contribution is -2.49. The highest BCUT2D eigenvalue weighted by Crippen LogP contribution is 2.52. The van der Waals surface area contributed by atoms with E-state index in [9.17, 15) is 24.0 Å². The van der Waals surface area contributed by atoms with Gasteiger partial charge in [0, 0.05) is 102 Å². The molecule has 1 atom stereocenters. The standard InChI is InChI=1S/C45H57N9O6/c1-29(2)54-28-45(16-17-45)44(59)50(3)37-27-46-39(26-36(37)54)48-35-11-7-31(25-38(35)60-4)42(57)47-32-13-19-53(20-14-32)41(56)15-18-51-21-23-52(24-22-51)33-8-5-30(6-9-33)34-10-12-40(55)49-43(34)58/h5-9,11,25-27,29,32,34H,10,12-24,28H2,1-4H3,(H,46,48)(H,47,57)(H,49,55,58). The summed E-state index contributed by atoms with van der Waals surface area (Å²) in [6.07, 6.45) is 6.30. The van der Waals surface area contributed by atoms with Gasteiger partial charge in [-0.3, -0.25) is 34.2 Å². The van der Waals surface area contributed by atoms with E-state index in [1.165, 1.54) is 0 Å². The molecule has 1 aromatic heterocycles. The summed E-state index contributed by atoms with van der Waals surface area (Å²) in [6.45, 7) is 10.3. The van der Waals surface area contributed by atoms with Crippen molar-refractivity contribution in [3.05, 3.63) is 65.9 Å². The van der Waals surface area contributed by atoms with Gasteiger partial charge in [-0.2, -0.15) is 0 Å². The molecule has 4 fully saturated rings. The third kappa shape index (κ3) is 8.63. The summed E-state index contributed by atoms with van der Waals surface area (Å²) >= 11 is 0. The third-order valence-electron chi connectivity index (χ3n) is 13.1. The Morgan fingerprint density at radius 1 is 0.933 bits per heavy atom. The number of likely N-dealkylation sites (tertiary alicyclic amines) is 1. The van der Waals surface area contributed by atoms with Crippen molar-refractivity contribution in [3.63, 3.8) is 0 Å². The van der Waals surface area contributed by atoms with Crippen LogP contribution in [0.4, 0.5) is 28.6 Å². The second-order valence-electron chi connectivity index (χ2n) is 17.3. The minimum Gasteiger partial charge on any atom is -0.495 e. The van der Waals surface area contributed by atoms with Crippen molar-refractivity contribution in [1.29, 1.82) is 0 Å². The molecule has 1 aliphatic carbocycles. The molecule has 5 amide bonds. The van der Waals surface area contributed by atoms with Gasteiger partial charge in [-0.1, -0.05) is 12.1 Å². The van der Waals surface area contributed by atoms with Crippen molar-refractivity contribution in [2.75, 3.05) is 86.5 Å². The van der Waals surface area contributed by atoms with Crippen LogP contribution in [0.15, 0.2) is 54.7 Å². The molecule has 0 bridgehead atoms. The minimum atomic E-state index is -0.320. The van der Waals surface area contributed by atoms with Crippen LogP contribution in [0.5, 0.6) is 5.75 Å². The van der Waals surface area contributed by atoms with Crippen LogP contribution in [-0.2, 0) is 19.2 Å². The Kier molecular flexibility index (Phi) is 11.7. The SMILES string of the molecule is COc1cc(C(=O)NC2CCN(C(=O)CCN3CCN(c4ccc(C5CCC(=O)NC5=O)cc4)CC3)CC2)ccc1Nc1cc2c(cn1)N(C)C(=O)C1(CC1)CN2C(C)C. The van der Waals surface area contributed by atoms with Crippen LogP contribution in [0.2, 0.25) is 0 Å². The van der Waals surface area contributed by atoms with Crippen molar-refractivity contribution in [3.8, 4) is 5.75 Å². The summed E-state index contributed by atoms with van der Waals surface area (Å²) in [7, 11) is 3.40. The van der Waals surface area contributed by atoms with Gasteiger partial charge in [-0.15, -0.1) is 0 Å². The number of pyridine rings is 1. The number of piperazine rings is 1. The van der Waals surface area contributed by atoms with E-state index in [-0.39, 0.29) is 53.0 Å². The average molecular weight is 820 g/mol. The van der Waals surface area contributed by atoms with Crippen molar-refractivity contribution in [2.45, 2.75) is 76.8 Å². The quantitative estimate of drug-likeness (QED) is 0.238. The number of piperidine rings is 2. The van der Waals surface area contributed by atoms with E-state index in [0.29, 0.717) is 81.1 Å². The smallest absolute Gasteiger partial charge is 0.251 e. The highest BCUT2D eigenvalue weighted by Gasteiger charge is 2.54.